The molecular weight excluding hydrogens is 414 g/mol. The number of hydrogen-bond acceptors (Lipinski definition) is 7. The molecule has 168 valence electrons. The Hall–Kier alpha value is -4.07. The van der Waals surface area contributed by atoms with Crippen molar-refractivity contribution in [2.24, 2.45) is 5.73 Å². The Kier molecular flexibility index (Phi) is 6.63. The maximum absolute atomic E-state index is 12.5. The summed E-state index contributed by atoms with van der Waals surface area (Å²) < 4.78 is 6.41. The van der Waals surface area contributed by atoms with Crippen LogP contribution in [0, 0.1) is 11.3 Å². The van der Waals surface area contributed by atoms with E-state index in [2.05, 4.69) is 21.8 Å². The molecule has 0 bridgehead atoms. The van der Waals surface area contributed by atoms with Gasteiger partial charge in [-0.05, 0) is 26.0 Å². The van der Waals surface area contributed by atoms with Crippen LogP contribution < -0.4 is 16.4 Å². The fourth-order valence-electron chi connectivity index (χ4n) is 3.44. The van der Waals surface area contributed by atoms with E-state index in [0.29, 0.717) is 0 Å². The summed E-state index contributed by atoms with van der Waals surface area (Å²) in [6, 6.07) is 10.0. The van der Waals surface area contributed by atoms with E-state index in [1.54, 1.807) is 6.92 Å². The van der Waals surface area contributed by atoms with Gasteiger partial charge >= 0.3 is 12.0 Å². The summed E-state index contributed by atoms with van der Waals surface area (Å²) in [7, 11) is 0. The number of rotatable bonds is 8. The lowest BCUT2D eigenvalue weighted by Crippen LogP contribution is -2.66. The molecule has 4 N–H and O–H groups in total. The molecule has 32 heavy (non-hydrogen) atoms. The van der Waals surface area contributed by atoms with Crippen LogP contribution in [0.2, 0.25) is 0 Å². The first-order valence-corrected chi connectivity index (χ1v) is 10.1. The van der Waals surface area contributed by atoms with Crippen LogP contribution in [0.25, 0.3) is 0 Å². The fraction of sp³-hybridized carbons (Fsp3) is 0.381. The molecule has 0 radical (unpaired) electrons. The predicted molar refractivity (Wildman–Crippen MR) is 115 cm³/mol. The lowest BCUT2D eigenvalue weighted by atomic mass is 9.87. The van der Waals surface area contributed by atoms with Crippen molar-refractivity contribution in [3.63, 3.8) is 0 Å². The number of aromatic nitrogens is 2. The van der Waals surface area contributed by atoms with E-state index < -0.39 is 29.5 Å². The van der Waals surface area contributed by atoms with E-state index in [9.17, 15) is 19.6 Å². The highest BCUT2D eigenvalue weighted by Crippen LogP contribution is 2.34. The number of nitriles is 1. The van der Waals surface area contributed by atoms with Crippen LogP contribution >= 0.6 is 0 Å². The highest BCUT2D eigenvalue weighted by atomic mass is 16.5. The van der Waals surface area contributed by atoms with Crippen molar-refractivity contribution in [3.05, 3.63) is 42.1 Å². The SMILES string of the molecule is CCOC(=O)C(C)NC(=O)N1CC(CC#N)(n2cc(C(N)=O)c(Nc3ccccc3)n2)C1. The number of likely N-dealkylation sites (tertiary alicyclic amines) is 1. The van der Waals surface area contributed by atoms with Crippen molar-refractivity contribution >= 4 is 29.4 Å². The third kappa shape index (κ3) is 4.64. The van der Waals surface area contributed by atoms with Gasteiger partial charge in [-0.25, -0.2) is 9.59 Å². The van der Waals surface area contributed by atoms with Crippen LogP contribution in [-0.4, -0.2) is 58.3 Å². The maximum Gasteiger partial charge on any atom is 0.328 e. The summed E-state index contributed by atoms with van der Waals surface area (Å²) in [4.78, 5) is 37.7. The number of anilines is 2. The number of benzene rings is 1. The molecule has 1 fully saturated rings. The first-order chi connectivity index (χ1) is 15.3. The van der Waals surface area contributed by atoms with E-state index in [0.717, 1.165) is 5.69 Å². The van der Waals surface area contributed by atoms with Crippen molar-refractivity contribution in [3.8, 4) is 6.07 Å². The number of nitrogens with one attached hydrogen (secondary N) is 2. The van der Waals surface area contributed by atoms with Gasteiger partial charge in [-0.1, -0.05) is 18.2 Å². The van der Waals surface area contributed by atoms with Crippen molar-refractivity contribution in [2.75, 3.05) is 25.0 Å². The number of para-hydroxylation sites is 1. The van der Waals surface area contributed by atoms with Gasteiger partial charge in [-0.15, -0.1) is 0 Å². The molecule has 1 saturated heterocycles. The summed E-state index contributed by atoms with van der Waals surface area (Å²) in [5.74, 6) is -0.932. The fourth-order valence-corrected chi connectivity index (χ4v) is 3.44. The van der Waals surface area contributed by atoms with Gasteiger partial charge < -0.3 is 26.0 Å². The lowest BCUT2D eigenvalue weighted by Gasteiger charge is -2.48. The lowest BCUT2D eigenvalue weighted by molar-refractivity contribution is -0.145. The molecule has 2 aromatic rings. The molecule has 0 spiro atoms. The van der Waals surface area contributed by atoms with E-state index >= 15 is 0 Å². The minimum absolute atomic E-state index is 0.0644. The molecule has 1 unspecified atom stereocenters. The van der Waals surface area contributed by atoms with Crippen LogP contribution in [-0.2, 0) is 15.1 Å². The second-order valence-corrected chi connectivity index (χ2v) is 7.53. The molecule has 1 aliphatic heterocycles. The zero-order valence-electron chi connectivity index (χ0n) is 17.9. The zero-order valence-corrected chi connectivity index (χ0v) is 17.9. The third-order valence-electron chi connectivity index (χ3n) is 5.15. The van der Waals surface area contributed by atoms with Crippen LogP contribution in [0.1, 0.15) is 30.6 Å². The number of hydrogen-bond donors (Lipinski definition) is 3. The van der Waals surface area contributed by atoms with Gasteiger partial charge in [0.25, 0.3) is 5.91 Å². The second-order valence-electron chi connectivity index (χ2n) is 7.53. The van der Waals surface area contributed by atoms with E-state index in [1.165, 1.54) is 22.7 Å². The molecule has 11 heteroatoms. The molecule has 1 atom stereocenters. The molecule has 3 rings (SSSR count). The third-order valence-corrected chi connectivity index (χ3v) is 5.15. The van der Waals surface area contributed by atoms with Crippen LogP contribution in [0.3, 0.4) is 0 Å². The molecule has 1 aromatic carbocycles. The average Bonchev–Trinajstić information content (AvgIpc) is 3.15. The number of primary amides is 1. The number of nitrogens with zero attached hydrogens (tertiary/aromatic N) is 4. The highest BCUT2D eigenvalue weighted by Gasteiger charge is 2.48. The minimum atomic E-state index is -0.819. The van der Waals surface area contributed by atoms with E-state index in [-0.39, 0.29) is 37.5 Å². The number of esters is 1. The number of nitrogens with two attached hydrogens (primary N) is 1. The van der Waals surface area contributed by atoms with Crippen LogP contribution in [0.15, 0.2) is 36.5 Å². The number of carbonyl (C=O) groups excluding carboxylic acids is 3. The monoisotopic (exact) mass is 439 g/mol. The number of urea groups is 1. The Balaban J connectivity index is 1.77. The summed E-state index contributed by atoms with van der Waals surface area (Å²) >= 11 is 0. The molecule has 3 amide bonds. The maximum atomic E-state index is 12.5. The van der Waals surface area contributed by atoms with E-state index in [1.807, 2.05) is 30.3 Å². The quantitative estimate of drug-likeness (QED) is 0.524. The van der Waals surface area contributed by atoms with E-state index in [4.69, 9.17) is 10.5 Å². The van der Waals surface area contributed by atoms with Crippen molar-refractivity contribution in [1.29, 1.82) is 5.26 Å². The van der Waals surface area contributed by atoms with Crippen LogP contribution in [0.5, 0.6) is 0 Å². The first-order valence-electron chi connectivity index (χ1n) is 10.1. The number of amides is 3. The first kappa shape index (κ1) is 22.6. The molecule has 2 heterocycles. The predicted octanol–water partition coefficient (Wildman–Crippen LogP) is 1.31. The van der Waals surface area contributed by atoms with Gasteiger partial charge in [0.1, 0.15) is 17.1 Å². The van der Waals surface area contributed by atoms with Gasteiger partial charge in [-0.2, -0.15) is 10.4 Å². The second kappa shape index (κ2) is 9.38. The Morgan fingerprint density at radius 1 is 1.31 bits per heavy atom. The Labute approximate surface area is 185 Å². The summed E-state index contributed by atoms with van der Waals surface area (Å²) in [6.07, 6.45) is 1.55. The standard InChI is InChI=1S/C21H25N7O4/c1-3-32-19(30)14(2)24-20(31)27-12-21(13-27,9-10-22)28-11-16(17(23)29)18(26-28)25-15-7-5-4-6-8-15/h4-8,11,14H,3,9,12-13H2,1-2H3,(H2,23,29)(H,24,31)(H,25,26). The van der Waals surface area contributed by atoms with Gasteiger partial charge in [0.15, 0.2) is 5.82 Å². The zero-order chi connectivity index (χ0) is 23.3. The molecule has 1 aromatic heterocycles. The Morgan fingerprint density at radius 2 is 2.00 bits per heavy atom. The molecule has 1 aliphatic rings. The number of carbonyl (C=O) groups is 3. The molecule has 11 nitrogen and oxygen atoms in total. The van der Waals surface area contributed by atoms with Crippen molar-refractivity contribution in [2.45, 2.75) is 31.8 Å². The van der Waals surface area contributed by atoms with Gasteiger partial charge in [0.05, 0.1) is 32.2 Å². The number of ether oxygens (including phenoxy) is 1. The normalized spacial score (nSPS) is 15.1. The topological polar surface area (TPSA) is 155 Å². The smallest absolute Gasteiger partial charge is 0.328 e. The molecular formula is C21H25N7O4. The molecule has 0 aliphatic carbocycles. The van der Waals surface area contributed by atoms with Gasteiger partial charge in [0, 0.05) is 11.9 Å². The largest absolute Gasteiger partial charge is 0.464 e. The highest BCUT2D eigenvalue weighted by molar-refractivity contribution is 5.98. The Bertz CT molecular complexity index is 1040. The van der Waals surface area contributed by atoms with Gasteiger partial charge in [0.2, 0.25) is 0 Å². The minimum Gasteiger partial charge on any atom is -0.464 e. The van der Waals surface area contributed by atoms with Gasteiger partial charge in [-0.3, -0.25) is 9.48 Å². The molecule has 0 saturated carbocycles. The van der Waals surface area contributed by atoms with Crippen LogP contribution in [0.4, 0.5) is 16.3 Å². The summed E-state index contributed by atoms with van der Waals surface area (Å²) in [6.45, 7) is 3.78. The van der Waals surface area contributed by atoms with Crippen molar-refractivity contribution in [1.82, 2.24) is 20.0 Å². The Morgan fingerprint density at radius 3 is 2.59 bits per heavy atom. The average molecular weight is 439 g/mol. The van der Waals surface area contributed by atoms with Crippen molar-refractivity contribution < 1.29 is 19.1 Å². The summed E-state index contributed by atoms with van der Waals surface area (Å²) in [5, 5.41) is 19.5. The summed E-state index contributed by atoms with van der Waals surface area (Å²) in [5.41, 5.74) is 5.60.